The number of likely N-dealkylation sites (N-methyl/N-ethyl adjacent to an activating group) is 1. The van der Waals surface area contributed by atoms with Gasteiger partial charge in [0.05, 0.1) is 6.54 Å². The molecule has 0 radical (unpaired) electrons. The van der Waals surface area contributed by atoms with Gasteiger partial charge in [0.25, 0.3) is 0 Å². The topological polar surface area (TPSA) is 18.5 Å². The molecule has 3 nitrogen and oxygen atoms in total. The maximum atomic E-state index is 12.3. The summed E-state index contributed by atoms with van der Waals surface area (Å²) in [5.74, 6) is 1.47. The zero-order valence-corrected chi connectivity index (χ0v) is 12.0. The van der Waals surface area contributed by atoms with Crippen molar-refractivity contribution in [3.63, 3.8) is 0 Å². The molecule has 4 aliphatic rings. The van der Waals surface area contributed by atoms with Crippen LogP contribution in [-0.2, 0) is 0 Å². The number of alkyl halides is 3. The minimum absolute atomic E-state index is 0.246. The van der Waals surface area contributed by atoms with Crippen molar-refractivity contribution in [1.29, 1.82) is 0 Å². The molecule has 0 aromatic carbocycles. The van der Waals surface area contributed by atoms with E-state index in [0.717, 1.165) is 32.1 Å². The fraction of sp³-hybridized carbons (Fsp3) is 1.00. The maximum Gasteiger partial charge on any atom is 0.401 e. The van der Waals surface area contributed by atoms with E-state index in [2.05, 4.69) is 22.0 Å². The first-order valence-corrected chi connectivity index (χ1v) is 7.75. The lowest BCUT2D eigenvalue weighted by Crippen LogP contribution is -2.59. The van der Waals surface area contributed by atoms with E-state index in [4.69, 9.17) is 0 Å². The summed E-state index contributed by atoms with van der Waals surface area (Å²) in [6, 6.07) is 0.721. The van der Waals surface area contributed by atoms with Crippen LogP contribution in [0.4, 0.5) is 13.2 Å². The number of likely N-dealkylation sites (tertiary alicyclic amines) is 1. The SMILES string of the molecule is CCN1CC2C3CCN(CC3)C2C1CNCC(F)(F)F. The molecular weight excluding hydrogens is 267 g/mol. The summed E-state index contributed by atoms with van der Waals surface area (Å²) in [4.78, 5) is 4.91. The van der Waals surface area contributed by atoms with E-state index < -0.39 is 12.7 Å². The third-order valence-electron chi connectivity index (χ3n) is 5.43. The average molecular weight is 291 g/mol. The van der Waals surface area contributed by atoms with Crippen LogP contribution in [0.15, 0.2) is 0 Å². The second kappa shape index (κ2) is 5.46. The first kappa shape index (κ1) is 14.6. The van der Waals surface area contributed by atoms with Crippen LogP contribution in [-0.4, -0.2) is 67.3 Å². The first-order chi connectivity index (χ1) is 9.49. The van der Waals surface area contributed by atoms with Gasteiger partial charge in [0.2, 0.25) is 0 Å². The van der Waals surface area contributed by atoms with Crippen molar-refractivity contribution < 1.29 is 13.2 Å². The van der Waals surface area contributed by atoms with Crippen LogP contribution in [0.5, 0.6) is 0 Å². The van der Waals surface area contributed by atoms with Crippen LogP contribution in [0, 0.1) is 11.8 Å². The van der Waals surface area contributed by atoms with E-state index in [-0.39, 0.29) is 6.04 Å². The molecule has 4 fully saturated rings. The number of piperidine rings is 3. The second-order valence-electron chi connectivity index (χ2n) is 6.43. The first-order valence-electron chi connectivity index (χ1n) is 7.75. The van der Waals surface area contributed by atoms with Crippen molar-refractivity contribution in [3.8, 4) is 0 Å². The van der Waals surface area contributed by atoms with Crippen LogP contribution in [0.1, 0.15) is 19.8 Å². The van der Waals surface area contributed by atoms with E-state index in [1.807, 2.05) is 0 Å². The van der Waals surface area contributed by atoms with Crippen molar-refractivity contribution in [1.82, 2.24) is 15.1 Å². The standard InChI is InChI=1S/C14H24F3N3/c1-2-19-8-11-10-3-5-20(6-4-10)13(11)12(19)7-18-9-14(15,16)17/h10-13,18H,2-9H2,1H3. The Morgan fingerprint density at radius 3 is 2.50 bits per heavy atom. The lowest BCUT2D eigenvalue weighted by Gasteiger charge is -2.49. The van der Waals surface area contributed by atoms with Gasteiger partial charge in [0.15, 0.2) is 0 Å². The monoisotopic (exact) mass is 291 g/mol. The van der Waals surface area contributed by atoms with Crippen LogP contribution in [0.2, 0.25) is 0 Å². The number of hydrogen-bond acceptors (Lipinski definition) is 3. The minimum atomic E-state index is -4.11. The van der Waals surface area contributed by atoms with E-state index in [1.165, 1.54) is 12.8 Å². The van der Waals surface area contributed by atoms with Gasteiger partial charge in [0.1, 0.15) is 0 Å². The average Bonchev–Trinajstić information content (AvgIpc) is 2.79. The van der Waals surface area contributed by atoms with E-state index >= 15 is 0 Å². The Hall–Kier alpha value is -0.330. The molecule has 0 spiro atoms. The van der Waals surface area contributed by atoms with Gasteiger partial charge >= 0.3 is 6.18 Å². The minimum Gasteiger partial charge on any atom is -0.307 e. The van der Waals surface area contributed by atoms with Gasteiger partial charge in [-0.1, -0.05) is 6.92 Å². The predicted octanol–water partition coefficient (Wildman–Crippen LogP) is 1.55. The predicted molar refractivity (Wildman–Crippen MR) is 71.5 cm³/mol. The molecular formula is C14H24F3N3. The van der Waals surface area contributed by atoms with E-state index in [0.29, 0.717) is 18.5 Å². The van der Waals surface area contributed by atoms with Crippen molar-refractivity contribution >= 4 is 0 Å². The lowest BCUT2D eigenvalue weighted by molar-refractivity contribution is -0.125. The summed E-state index contributed by atoms with van der Waals surface area (Å²) in [5.41, 5.74) is 0. The summed E-state index contributed by atoms with van der Waals surface area (Å²) < 4.78 is 36.9. The fourth-order valence-corrected chi connectivity index (χ4v) is 4.58. The third-order valence-corrected chi connectivity index (χ3v) is 5.43. The van der Waals surface area contributed by atoms with Gasteiger partial charge in [-0.05, 0) is 44.3 Å². The van der Waals surface area contributed by atoms with Gasteiger partial charge in [-0.2, -0.15) is 13.2 Å². The Morgan fingerprint density at radius 2 is 1.90 bits per heavy atom. The molecule has 3 unspecified atom stereocenters. The Morgan fingerprint density at radius 1 is 1.20 bits per heavy atom. The van der Waals surface area contributed by atoms with Gasteiger partial charge < -0.3 is 5.32 Å². The molecule has 4 saturated heterocycles. The number of fused-ring (bicyclic) bond motifs is 2. The number of rotatable bonds is 4. The molecule has 1 N–H and O–H groups in total. The molecule has 20 heavy (non-hydrogen) atoms. The fourth-order valence-electron chi connectivity index (χ4n) is 4.58. The van der Waals surface area contributed by atoms with Crippen molar-refractivity contribution in [2.45, 2.75) is 38.0 Å². The summed E-state index contributed by atoms with van der Waals surface area (Å²) in [7, 11) is 0. The highest BCUT2D eigenvalue weighted by atomic mass is 19.4. The van der Waals surface area contributed by atoms with Crippen LogP contribution in [0.3, 0.4) is 0 Å². The highest BCUT2D eigenvalue weighted by Gasteiger charge is 2.51. The molecule has 0 amide bonds. The molecule has 0 saturated carbocycles. The summed E-state index contributed by atoms with van der Waals surface area (Å²) in [5, 5.41) is 2.63. The zero-order valence-electron chi connectivity index (χ0n) is 12.0. The van der Waals surface area contributed by atoms with E-state index in [9.17, 15) is 13.2 Å². The number of nitrogens with one attached hydrogen (secondary N) is 1. The highest BCUT2D eigenvalue weighted by Crippen LogP contribution is 2.43. The molecule has 3 atom stereocenters. The zero-order chi connectivity index (χ0) is 14.3. The van der Waals surface area contributed by atoms with Crippen molar-refractivity contribution in [3.05, 3.63) is 0 Å². The van der Waals surface area contributed by atoms with Crippen molar-refractivity contribution in [2.24, 2.45) is 11.8 Å². The molecule has 6 heteroatoms. The Labute approximate surface area is 118 Å². The maximum absolute atomic E-state index is 12.3. The molecule has 0 aliphatic carbocycles. The smallest absolute Gasteiger partial charge is 0.307 e. The van der Waals surface area contributed by atoms with Crippen LogP contribution in [0.25, 0.3) is 0 Å². The summed E-state index contributed by atoms with van der Waals surface area (Å²) >= 11 is 0. The lowest BCUT2D eigenvalue weighted by atomic mass is 9.74. The quantitative estimate of drug-likeness (QED) is 0.848. The number of nitrogens with zero attached hydrogens (tertiary/aromatic N) is 2. The third kappa shape index (κ3) is 2.70. The van der Waals surface area contributed by atoms with Gasteiger partial charge in [-0.25, -0.2) is 0 Å². The molecule has 4 rings (SSSR count). The molecule has 0 aromatic rings. The van der Waals surface area contributed by atoms with Gasteiger partial charge in [-0.15, -0.1) is 0 Å². The van der Waals surface area contributed by atoms with Crippen LogP contribution >= 0.6 is 0 Å². The summed E-state index contributed by atoms with van der Waals surface area (Å²) in [6.07, 6.45) is -1.55. The van der Waals surface area contributed by atoms with Gasteiger partial charge in [0, 0.05) is 25.2 Å². The number of hydrogen-bond donors (Lipinski definition) is 1. The molecule has 0 aromatic heterocycles. The highest BCUT2D eigenvalue weighted by molar-refractivity contribution is 5.06. The largest absolute Gasteiger partial charge is 0.401 e. The second-order valence-corrected chi connectivity index (χ2v) is 6.43. The molecule has 4 aliphatic heterocycles. The van der Waals surface area contributed by atoms with Crippen LogP contribution < -0.4 is 5.32 Å². The molecule has 2 bridgehead atoms. The Kier molecular flexibility index (Phi) is 3.99. The van der Waals surface area contributed by atoms with Crippen molar-refractivity contribution in [2.75, 3.05) is 39.3 Å². The molecule has 4 heterocycles. The Bertz CT molecular complexity index is 339. The molecule has 116 valence electrons. The normalized spacial score (nSPS) is 41.1. The van der Waals surface area contributed by atoms with Gasteiger partial charge in [-0.3, -0.25) is 9.80 Å². The van der Waals surface area contributed by atoms with E-state index in [1.54, 1.807) is 0 Å². The number of halogens is 3. The Balaban J connectivity index is 1.65. The summed E-state index contributed by atoms with van der Waals surface area (Å²) in [6.45, 7) is 5.98.